The number of anilines is 1. The molecule has 4 heterocycles. The Kier molecular flexibility index (Phi) is 4.74. The van der Waals surface area contributed by atoms with Crippen molar-refractivity contribution in [1.82, 2.24) is 19.8 Å². The van der Waals surface area contributed by atoms with Crippen LogP contribution in [0.1, 0.15) is 6.42 Å². The molecule has 3 fully saturated rings. The molecule has 0 saturated carbocycles. The van der Waals surface area contributed by atoms with Crippen molar-refractivity contribution >= 4 is 22.9 Å². The molecular formula is C20H25N5O3. The van der Waals surface area contributed by atoms with E-state index in [-0.39, 0.29) is 18.2 Å². The first-order chi connectivity index (χ1) is 13.8. The van der Waals surface area contributed by atoms with Gasteiger partial charge in [0.15, 0.2) is 0 Å². The van der Waals surface area contributed by atoms with Gasteiger partial charge in [-0.3, -0.25) is 14.8 Å². The van der Waals surface area contributed by atoms with Gasteiger partial charge in [-0.15, -0.1) is 0 Å². The lowest BCUT2D eigenvalue weighted by Crippen LogP contribution is -2.41. The van der Waals surface area contributed by atoms with Crippen LogP contribution in [0.5, 0.6) is 0 Å². The summed E-state index contributed by atoms with van der Waals surface area (Å²) in [6, 6.07) is 7.96. The molecular weight excluding hydrogens is 358 g/mol. The number of para-hydroxylation sites is 2. The summed E-state index contributed by atoms with van der Waals surface area (Å²) >= 11 is 0. The van der Waals surface area contributed by atoms with E-state index in [9.17, 15) is 4.79 Å². The zero-order valence-corrected chi connectivity index (χ0v) is 15.9. The molecule has 2 aromatic rings. The summed E-state index contributed by atoms with van der Waals surface area (Å²) in [7, 11) is 0. The SMILES string of the molecule is O=C1O[C@@H]2CN(c3cnc4ccccc4n3)C[C@@H]2N1CCCN1CCOCC1. The third kappa shape index (κ3) is 3.38. The van der Waals surface area contributed by atoms with E-state index in [0.29, 0.717) is 6.54 Å². The molecule has 1 amide bonds. The molecule has 2 atom stereocenters. The molecule has 3 aliphatic heterocycles. The fraction of sp³-hybridized carbons (Fsp3) is 0.550. The molecule has 0 aliphatic carbocycles. The average molecular weight is 383 g/mol. The van der Waals surface area contributed by atoms with Crippen LogP contribution in [0.15, 0.2) is 30.5 Å². The summed E-state index contributed by atoms with van der Waals surface area (Å²) in [5.74, 6) is 0.845. The number of carbonyl (C=O) groups is 1. The van der Waals surface area contributed by atoms with Gasteiger partial charge in [0, 0.05) is 32.7 Å². The van der Waals surface area contributed by atoms with E-state index in [2.05, 4.69) is 14.8 Å². The van der Waals surface area contributed by atoms with Crippen LogP contribution in [-0.2, 0) is 9.47 Å². The van der Waals surface area contributed by atoms with Crippen molar-refractivity contribution in [1.29, 1.82) is 0 Å². The summed E-state index contributed by atoms with van der Waals surface area (Å²) in [5, 5.41) is 0. The van der Waals surface area contributed by atoms with Gasteiger partial charge in [-0.2, -0.15) is 0 Å². The molecule has 5 rings (SSSR count). The Morgan fingerprint density at radius 1 is 1.07 bits per heavy atom. The second-order valence-electron chi connectivity index (χ2n) is 7.61. The van der Waals surface area contributed by atoms with E-state index in [4.69, 9.17) is 14.5 Å². The van der Waals surface area contributed by atoms with E-state index >= 15 is 0 Å². The predicted octanol–water partition coefficient (Wildman–Crippen LogP) is 1.36. The standard InChI is InChI=1S/C20H25N5O3/c26-20-25(7-3-6-23-8-10-27-11-9-23)17-13-24(14-18(17)28-20)19-12-21-15-4-1-2-5-16(15)22-19/h1-2,4-5,12,17-18H,3,6-11,13-14H2/t17-,18+/m0/s1. The third-order valence-corrected chi connectivity index (χ3v) is 5.86. The minimum atomic E-state index is -0.179. The van der Waals surface area contributed by atoms with Gasteiger partial charge in [-0.1, -0.05) is 12.1 Å². The highest BCUT2D eigenvalue weighted by Crippen LogP contribution is 2.30. The van der Waals surface area contributed by atoms with Crippen molar-refractivity contribution in [2.45, 2.75) is 18.6 Å². The number of fused-ring (bicyclic) bond motifs is 2. The molecule has 1 aromatic heterocycles. The maximum Gasteiger partial charge on any atom is 0.410 e. The molecule has 3 saturated heterocycles. The van der Waals surface area contributed by atoms with Gasteiger partial charge in [-0.05, 0) is 18.6 Å². The lowest BCUT2D eigenvalue weighted by atomic mass is 10.2. The second-order valence-corrected chi connectivity index (χ2v) is 7.61. The topological polar surface area (TPSA) is 71.0 Å². The summed E-state index contributed by atoms with van der Waals surface area (Å²) in [5.41, 5.74) is 1.78. The molecule has 8 heteroatoms. The fourth-order valence-electron chi connectivity index (χ4n) is 4.34. The minimum Gasteiger partial charge on any atom is -0.442 e. The zero-order chi connectivity index (χ0) is 18.9. The Morgan fingerprint density at radius 3 is 2.75 bits per heavy atom. The largest absolute Gasteiger partial charge is 0.442 e. The fourth-order valence-corrected chi connectivity index (χ4v) is 4.34. The average Bonchev–Trinajstić information content (AvgIpc) is 3.26. The van der Waals surface area contributed by atoms with Crippen molar-refractivity contribution in [2.24, 2.45) is 0 Å². The van der Waals surface area contributed by atoms with Gasteiger partial charge in [0.1, 0.15) is 11.9 Å². The van der Waals surface area contributed by atoms with E-state index in [1.807, 2.05) is 35.4 Å². The summed E-state index contributed by atoms with van der Waals surface area (Å²) in [6.07, 6.45) is 2.49. The van der Waals surface area contributed by atoms with Crippen LogP contribution in [0.2, 0.25) is 0 Å². The number of amides is 1. The van der Waals surface area contributed by atoms with Crippen LogP contribution in [0.3, 0.4) is 0 Å². The van der Waals surface area contributed by atoms with Crippen LogP contribution in [0, 0.1) is 0 Å². The lowest BCUT2D eigenvalue weighted by molar-refractivity contribution is 0.0363. The van der Waals surface area contributed by atoms with Gasteiger partial charge in [0.2, 0.25) is 0 Å². The number of benzene rings is 1. The number of carbonyl (C=O) groups excluding carboxylic acids is 1. The molecule has 0 unspecified atom stereocenters. The monoisotopic (exact) mass is 383 g/mol. The van der Waals surface area contributed by atoms with E-state index in [0.717, 1.165) is 69.2 Å². The first kappa shape index (κ1) is 17.6. The maximum atomic E-state index is 12.3. The number of aromatic nitrogens is 2. The molecule has 148 valence electrons. The van der Waals surface area contributed by atoms with Crippen molar-refractivity contribution in [3.05, 3.63) is 30.5 Å². The van der Waals surface area contributed by atoms with Gasteiger partial charge >= 0.3 is 6.09 Å². The van der Waals surface area contributed by atoms with Crippen molar-refractivity contribution in [3.8, 4) is 0 Å². The van der Waals surface area contributed by atoms with Crippen LogP contribution >= 0.6 is 0 Å². The number of nitrogens with zero attached hydrogens (tertiary/aromatic N) is 5. The summed E-state index contributed by atoms with van der Waals surface area (Å²) in [4.78, 5) is 28.0. The Bertz CT molecular complexity index is 857. The van der Waals surface area contributed by atoms with E-state index in [1.165, 1.54) is 0 Å². The number of rotatable bonds is 5. The molecule has 0 spiro atoms. The first-order valence-electron chi connectivity index (χ1n) is 10.0. The Hall–Kier alpha value is -2.45. The smallest absolute Gasteiger partial charge is 0.410 e. The second kappa shape index (κ2) is 7.52. The maximum absolute atomic E-state index is 12.3. The van der Waals surface area contributed by atoms with Gasteiger partial charge in [0.25, 0.3) is 0 Å². The Labute approximate surface area is 164 Å². The molecule has 28 heavy (non-hydrogen) atoms. The zero-order valence-electron chi connectivity index (χ0n) is 15.9. The minimum absolute atomic E-state index is 0.0884. The highest BCUT2D eigenvalue weighted by Gasteiger charge is 2.47. The Balaban J connectivity index is 1.22. The number of morpholine rings is 1. The van der Waals surface area contributed by atoms with Crippen LogP contribution in [-0.4, -0.2) is 90.5 Å². The normalized spacial score (nSPS) is 25.4. The van der Waals surface area contributed by atoms with Gasteiger partial charge in [0.05, 0.1) is 43.0 Å². The number of hydrogen-bond acceptors (Lipinski definition) is 7. The highest BCUT2D eigenvalue weighted by atomic mass is 16.6. The van der Waals surface area contributed by atoms with Crippen LogP contribution in [0.25, 0.3) is 11.0 Å². The molecule has 1 aromatic carbocycles. The van der Waals surface area contributed by atoms with Crippen LogP contribution in [0.4, 0.5) is 10.6 Å². The third-order valence-electron chi connectivity index (χ3n) is 5.86. The van der Waals surface area contributed by atoms with Crippen molar-refractivity contribution in [3.63, 3.8) is 0 Å². The molecule has 0 N–H and O–H groups in total. The van der Waals surface area contributed by atoms with E-state index < -0.39 is 0 Å². The quantitative estimate of drug-likeness (QED) is 0.772. The Morgan fingerprint density at radius 2 is 1.89 bits per heavy atom. The summed E-state index contributed by atoms with van der Waals surface area (Å²) < 4.78 is 11.0. The summed E-state index contributed by atoms with van der Waals surface area (Å²) in [6.45, 7) is 6.69. The van der Waals surface area contributed by atoms with Gasteiger partial charge in [-0.25, -0.2) is 9.78 Å². The number of ether oxygens (including phenoxy) is 2. The van der Waals surface area contributed by atoms with Gasteiger partial charge < -0.3 is 14.4 Å². The van der Waals surface area contributed by atoms with E-state index in [1.54, 1.807) is 0 Å². The van der Waals surface area contributed by atoms with Crippen molar-refractivity contribution in [2.75, 3.05) is 57.4 Å². The van der Waals surface area contributed by atoms with Crippen LogP contribution < -0.4 is 4.90 Å². The van der Waals surface area contributed by atoms with Crippen molar-refractivity contribution < 1.29 is 14.3 Å². The molecule has 3 aliphatic rings. The molecule has 8 nitrogen and oxygen atoms in total. The predicted molar refractivity (Wildman–Crippen MR) is 104 cm³/mol. The lowest BCUT2D eigenvalue weighted by Gasteiger charge is -2.28. The molecule has 0 radical (unpaired) electrons. The first-order valence-corrected chi connectivity index (χ1v) is 10.0. The molecule has 0 bridgehead atoms. The highest BCUT2D eigenvalue weighted by molar-refractivity contribution is 5.76. The number of hydrogen-bond donors (Lipinski definition) is 0.